The van der Waals surface area contributed by atoms with Gasteiger partial charge in [-0.3, -0.25) is 9.48 Å². The molecular weight excluding hydrogens is 388 g/mol. The van der Waals surface area contributed by atoms with Gasteiger partial charge < -0.3 is 5.32 Å². The lowest BCUT2D eigenvalue weighted by Gasteiger charge is -2.09. The van der Waals surface area contributed by atoms with Gasteiger partial charge in [-0.1, -0.05) is 28.1 Å². The monoisotopic (exact) mass is 404 g/mol. The zero-order chi connectivity index (χ0) is 17.4. The molecule has 0 fully saturated rings. The Bertz CT molecular complexity index is 912. The van der Waals surface area contributed by atoms with Crippen LogP contribution in [0.3, 0.4) is 0 Å². The summed E-state index contributed by atoms with van der Waals surface area (Å²) >= 11 is 4.84. The van der Waals surface area contributed by atoms with E-state index in [1.165, 1.54) is 11.3 Å². The third-order valence-electron chi connectivity index (χ3n) is 3.70. The van der Waals surface area contributed by atoms with Crippen LogP contribution in [0.4, 0.5) is 5.82 Å². The van der Waals surface area contributed by atoms with E-state index >= 15 is 0 Å². The highest BCUT2D eigenvalue weighted by Gasteiger charge is 2.20. The summed E-state index contributed by atoms with van der Waals surface area (Å²) in [5.74, 6) is 0.532. The molecule has 1 amide bonds. The number of hydrogen-bond acceptors (Lipinski definition) is 4. The van der Waals surface area contributed by atoms with Gasteiger partial charge in [-0.15, -0.1) is 11.3 Å². The first-order chi connectivity index (χ1) is 11.4. The van der Waals surface area contributed by atoms with Crippen LogP contribution < -0.4 is 5.32 Å². The van der Waals surface area contributed by atoms with E-state index in [9.17, 15) is 4.79 Å². The molecule has 1 N–H and O–H groups in total. The molecule has 3 aromatic rings. The molecule has 24 heavy (non-hydrogen) atoms. The van der Waals surface area contributed by atoms with Crippen LogP contribution in [0.1, 0.15) is 26.1 Å². The molecule has 0 bridgehead atoms. The summed E-state index contributed by atoms with van der Waals surface area (Å²) < 4.78 is 2.71. The topological polar surface area (TPSA) is 59.8 Å². The van der Waals surface area contributed by atoms with E-state index in [2.05, 4.69) is 31.3 Å². The van der Waals surface area contributed by atoms with Crippen molar-refractivity contribution >= 4 is 39.0 Å². The molecule has 0 aliphatic heterocycles. The minimum absolute atomic E-state index is 0.153. The zero-order valence-electron chi connectivity index (χ0n) is 13.8. The maximum absolute atomic E-state index is 12.7. The van der Waals surface area contributed by atoms with Crippen LogP contribution in [0.2, 0.25) is 0 Å². The van der Waals surface area contributed by atoms with Gasteiger partial charge in [-0.2, -0.15) is 5.10 Å². The molecule has 3 rings (SSSR count). The molecular formula is C17H17BrN4OS. The predicted molar refractivity (Wildman–Crippen MR) is 101 cm³/mol. The number of carbonyl (C=O) groups is 1. The third kappa shape index (κ3) is 3.14. The minimum Gasteiger partial charge on any atom is -0.305 e. The second-order valence-electron chi connectivity index (χ2n) is 5.54. The van der Waals surface area contributed by atoms with Gasteiger partial charge in [0.15, 0.2) is 0 Å². The fourth-order valence-corrected chi connectivity index (χ4v) is 3.75. The molecule has 0 saturated carbocycles. The number of aromatic nitrogens is 3. The second kappa shape index (κ2) is 6.49. The van der Waals surface area contributed by atoms with E-state index < -0.39 is 0 Å². The van der Waals surface area contributed by atoms with Gasteiger partial charge in [0.1, 0.15) is 10.7 Å². The first-order valence-electron chi connectivity index (χ1n) is 7.41. The Labute approximate surface area is 152 Å². The van der Waals surface area contributed by atoms with E-state index in [0.29, 0.717) is 10.7 Å². The van der Waals surface area contributed by atoms with Crippen molar-refractivity contribution in [1.29, 1.82) is 0 Å². The first-order valence-corrected chi connectivity index (χ1v) is 9.02. The molecule has 1 aromatic carbocycles. The molecule has 2 aromatic heterocycles. The fraction of sp³-hybridized carbons (Fsp3) is 0.235. The number of benzene rings is 1. The van der Waals surface area contributed by atoms with Gasteiger partial charge in [0.05, 0.1) is 16.4 Å². The van der Waals surface area contributed by atoms with E-state index in [-0.39, 0.29) is 5.91 Å². The molecule has 7 heteroatoms. The van der Waals surface area contributed by atoms with E-state index in [0.717, 1.165) is 32.0 Å². The number of nitrogens with zero attached hydrogens (tertiary/aromatic N) is 3. The zero-order valence-corrected chi connectivity index (χ0v) is 16.2. The lowest BCUT2D eigenvalue weighted by atomic mass is 10.1. The Morgan fingerprint density at radius 2 is 1.83 bits per heavy atom. The molecule has 0 radical (unpaired) electrons. The van der Waals surface area contributed by atoms with Crippen LogP contribution in [0, 0.1) is 20.8 Å². The number of rotatable bonds is 3. The third-order valence-corrected chi connectivity index (χ3v) is 5.30. The maximum atomic E-state index is 12.7. The molecule has 2 heterocycles. The number of hydrogen-bond donors (Lipinski definition) is 1. The Hall–Kier alpha value is -1.99. The van der Waals surface area contributed by atoms with Crippen LogP contribution in [0.25, 0.3) is 11.1 Å². The van der Waals surface area contributed by atoms with E-state index in [1.807, 2.05) is 52.1 Å². The first kappa shape index (κ1) is 16.9. The number of halogens is 1. The average molecular weight is 405 g/mol. The lowest BCUT2D eigenvalue weighted by molar-refractivity contribution is 0.102. The smallest absolute Gasteiger partial charge is 0.268 e. The summed E-state index contributed by atoms with van der Waals surface area (Å²) in [6, 6.07) is 7.96. The Kier molecular flexibility index (Phi) is 4.56. The highest BCUT2D eigenvalue weighted by molar-refractivity contribution is 9.10. The largest absolute Gasteiger partial charge is 0.305 e. The summed E-state index contributed by atoms with van der Waals surface area (Å²) in [5, 5.41) is 8.35. The standard InChI is InChI=1S/C17H17BrN4OS/c1-9-14(12-5-7-13(18)8-6-12)16(22(4)21-9)20-17(23)15-10(2)19-11(3)24-15/h5-8H,1-4H3,(H,20,23). The van der Waals surface area contributed by atoms with Gasteiger partial charge >= 0.3 is 0 Å². The number of thiazole rings is 1. The summed E-state index contributed by atoms with van der Waals surface area (Å²) in [6.07, 6.45) is 0. The minimum atomic E-state index is -0.153. The second-order valence-corrected chi connectivity index (χ2v) is 7.66. The van der Waals surface area contributed by atoms with Crippen molar-refractivity contribution in [3.63, 3.8) is 0 Å². The van der Waals surface area contributed by atoms with Gasteiger partial charge in [0.2, 0.25) is 0 Å². The number of nitrogens with one attached hydrogen (secondary N) is 1. The molecule has 0 aliphatic carbocycles. The molecule has 5 nitrogen and oxygen atoms in total. The van der Waals surface area contributed by atoms with E-state index in [1.54, 1.807) is 4.68 Å². The van der Waals surface area contributed by atoms with Crippen molar-refractivity contribution in [3.05, 3.63) is 50.0 Å². The van der Waals surface area contributed by atoms with Crippen molar-refractivity contribution in [1.82, 2.24) is 14.8 Å². The Morgan fingerprint density at radius 1 is 1.17 bits per heavy atom. The van der Waals surface area contributed by atoms with Crippen molar-refractivity contribution < 1.29 is 4.79 Å². The number of amides is 1. The van der Waals surface area contributed by atoms with Gasteiger partial charge in [-0.25, -0.2) is 4.98 Å². The fourth-order valence-electron chi connectivity index (χ4n) is 2.67. The van der Waals surface area contributed by atoms with Crippen molar-refractivity contribution in [2.24, 2.45) is 7.05 Å². The molecule has 0 aliphatic rings. The quantitative estimate of drug-likeness (QED) is 0.699. The van der Waals surface area contributed by atoms with E-state index in [4.69, 9.17) is 0 Å². The SMILES string of the molecule is Cc1nc(C)c(C(=O)Nc2c(-c3ccc(Br)cc3)c(C)nn2C)s1. The normalized spacial score (nSPS) is 10.9. The van der Waals surface area contributed by atoms with Crippen LogP contribution in [0.5, 0.6) is 0 Å². The summed E-state index contributed by atoms with van der Waals surface area (Å²) in [4.78, 5) is 17.6. The van der Waals surface area contributed by atoms with Crippen LogP contribution >= 0.6 is 27.3 Å². The predicted octanol–water partition coefficient (Wildman–Crippen LogP) is 4.48. The molecule has 124 valence electrons. The van der Waals surface area contributed by atoms with Crippen LogP contribution in [-0.4, -0.2) is 20.7 Å². The number of anilines is 1. The van der Waals surface area contributed by atoms with Crippen LogP contribution in [-0.2, 0) is 7.05 Å². The van der Waals surface area contributed by atoms with Gasteiger partial charge in [0.25, 0.3) is 5.91 Å². The molecule has 0 saturated heterocycles. The molecule has 0 unspecified atom stereocenters. The van der Waals surface area contributed by atoms with Crippen LogP contribution in [0.15, 0.2) is 28.7 Å². The highest BCUT2D eigenvalue weighted by Crippen LogP contribution is 2.32. The number of carbonyl (C=O) groups excluding carboxylic acids is 1. The Balaban J connectivity index is 2.01. The maximum Gasteiger partial charge on any atom is 0.268 e. The number of aryl methyl sites for hydroxylation is 4. The summed E-state index contributed by atoms with van der Waals surface area (Å²) in [6.45, 7) is 5.69. The van der Waals surface area contributed by atoms with Crippen molar-refractivity contribution in [2.45, 2.75) is 20.8 Å². The summed E-state index contributed by atoms with van der Waals surface area (Å²) in [7, 11) is 1.83. The molecule has 0 spiro atoms. The summed E-state index contributed by atoms with van der Waals surface area (Å²) in [5.41, 5.74) is 3.56. The Morgan fingerprint density at radius 3 is 2.42 bits per heavy atom. The average Bonchev–Trinajstić information content (AvgIpc) is 2.99. The molecule has 0 atom stereocenters. The van der Waals surface area contributed by atoms with Gasteiger partial charge in [0, 0.05) is 17.1 Å². The lowest BCUT2D eigenvalue weighted by Crippen LogP contribution is -2.15. The van der Waals surface area contributed by atoms with Crippen molar-refractivity contribution in [2.75, 3.05) is 5.32 Å². The van der Waals surface area contributed by atoms with Gasteiger partial charge in [-0.05, 0) is 38.5 Å². The highest BCUT2D eigenvalue weighted by atomic mass is 79.9. The van der Waals surface area contributed by atoms with Crippen molar-refractivity contribution in [3.8, 4) is 11.1 Å².